The fraction of sp³-hybridized carbons (Fsp3) is 0.529. The molecule has 0 fully saturated rings. The Labute approximate surface area is 141 Å². The van der Waals surface area contributed by atoms with Crippen molar-refractivity contribution in [1.29, 1.82) is 0 Å². The Hall–Kier alpha value is -1.54. The van der Waals surface area contributed by atoms with Crippen molar-refractivity contribution in [2.75, 3.05) is 0 Å². The second-order valence-electron chi connectivity index (χ2n) is 5.78. The summed E-state index contributed by atoms with van der Waals surface area (Å²) in [6.45, 7) is 5.91. The minimum Gasteiger partial charge on any atom is -0.479 e. The van der Waals surface area contributed by atoms with Crippen LogP contribution in [0.2, 0.25) is 0 Å². The van der Waals surface area contributed by atoms with Gasteiger partial charge in [0.15, 0.2) is 6.10 Å². The van der Waals surface area contributed by atoms with Gasteiger partial charge in [-0.2, -0.15) is 0 Å². The summed E-state index contributed by atoms with van der Waals surface area (Å²) in [6.07, 6.45) is 11.0. The molecule has 4 nitrogen and oxygen atoms in total. The number of hydrogen-bond donors (Lipinski definition) is 1. The van der Waals surface area contributed by atoms with Crippen LogP contribution in [0, 0.1) is 12.3 Å². The molecule has 1 amide bonds. The number of rotatable bonds is 8. The van der Waals surface area contributed by atoms with Crippen LogP contribution in [0.5, 0.6) is 5.75 Å². The number of nitrogens with one attached hydrogen (secondary N) is 1. The number of pyridine rings is 1. The van der Waals surface area contributed by atoms with Crippen LogP contribution in [0.1, 0.15) is 46.5 Å². The summed E-state index contributed by atoms with van der Waals surface area (Å²) in [5, 5.41) is 3.04. The van der Waals surface area contributed by atoms with Gasteiger partial charge in [-0.3, -0.25) is 9.78 Å². The summed E-state index contributed by atoms with van der Waals surface area (Å²) < 4.78 is 6.56. The van der Waals surface area contributed by atoms with Crippen LogP contribution in [0.15, 0.2) is 22.9 Å². The number of amides is 1. The lowest BCUT2D eigenvalue weighted by Crippen LogP contribution is -2.49. The number of terminal acetylenes is 1. The van der Waals surface area contributed by atoms with Crippen molar-refractivity contribution in [1.82, 2.24) is 10.3 Å². The van der Waals surface area contributed by atoms with Gasteiger partial charge in [0.2, 0.25) is 0 Å². The first-order chi connectivity index (χ1) is 10.4. The smallest absolute Gasteiger partial charge is 0.261 e. The second-order valence-corrected chi connectivity index (χ2v) is 6.70. The van der Waals surface area contributed by atoms with Gasteiger partial charge < -0.3 is 10.1 Å². The molecule has 5 heteroatoms. The quantitative estimate of drug-likeness (QED) is 0.563. The van der Waals surface area contributed by atoms with E-state index in [1.165, 1.54) is 0 Å². The first-order valence-corrected chi connectivity index (χ1v) is 8.20. The van der Waals surface area contributed by atoms with E-state index in [0.29, 0.717) is 12.2 Å². The standard InChI is InChI=1S/C17H23BrN2O2/c1-5-7-8-9-17(3,4)20-16(21)15(6-2)22-14-10-13(18)11-19-12-14/h1,10-12,15H,6-9H2,2-4H3,(H,20,21). The number of ether oxygens (including phenoxy) is 1. The predicted molar refractivity (Wildman–Crippen MR) is 91.5 cm³/mol. The van der Waals surface area contributed by atoms with Crippen molar-refractivity contribution in [3.8, 4) is 18.1 Å². The predicted octanol–water partition coefficient (Wildman–Crippen LogP) is 3.70. The highest BCUT2D eigenvalue weighted by molar-refractivity contribution is 9.10. The lowest BCUT2D eigenvalue weighted by atomic mass is 9.97. The monoisotopic (exact) mass is 366 g/mol. The maximum atomic E-state index is 12.4. The summed E-state index contributed by atoms with van der Waals surface area (Å²) >= 11 is 3.34. The van der Waals surface area contributed by atoms with Crippen molar-refractivity contribution in [3.63, 3.8) is 0 Å². The molecule has 22 heavy (non-hydrogen) atoms. The van der Waals surface area contributed by atoms with Crippen molar-refractivity contribution < 1.29 is 9.53 Å². The Morgan fingerprint density at radius 1 is 1.55 bits per heavy atom. The first kappa shape index (κ1) is 18.5. The normalized spacial score (nSPS) is 12.3. The van der Waals surface area contributed by atoms with Crippen LogP contribution >= 0.6 is 15.9 Å². The maximum absolute atomic E-state index is 12.4. The molecule has 0 spiro atoms. The third-order valence-corrected chi connectivity index (χ3v) is 3.64. The van der Waals surface area contributed by atoms with Crippen LogP contribution in [-0.4, -0.2) is 22.5 Å². The van der Waals surface area contributed by atoms with Gasteiger partial charge in [-0.1, -0.05) is 6.92 Å². The van der Waals surface area contributed by atoms with E-state index in [-0.39, 0.29) is 11.4 Å². The van der Waals surface area contributed by atoms with E-state index in [0.717, 1.165) is 23.7 Å². The third kappa shape index (κ3) is 6.48. The summed E-state index contributed by atoms with van der Waals surface area (Å²) in [6, 6.07) is 1.79. The van der Waals surface area contributed by atoms with Gasteiger partial charge in [0.1, 0.15) is 5.75 Å². The number of unbranched alkanes of at least 4 members (excludes halogenated alkanes) is 1. The van der Waals surface area contributed by atoms with Crippen molar-refractivity contribution in [2.24, 2.45) is 0 Å². The molecule has 0 aliphatic rings. The van der Waals surface area contributed by atoms with Gasteiger partial charge in [0, 0.05) is 22.6 Å². The molecule has 1 rings (SSSR count). The Kier molecular flexibility index (Phi) is 7.40. The van der Waals surface area contributed by atoms with Crippen LogP contribution < -0.4 is 10.1 Å². The SMILES string of the molecule is C#CCCCC(C)(C)NC(=O)C(CC)Oc1cncc(Br)c1. The van der Waals surface area contributed by atoms with E-state index in [1.807, 2.05) is 20.8 Å². The lowest BCUT2D eigenvalue weighted by Gasteiger charge is -2.28. The molecule has 0 aliphatic heterocycles. The molecule has 1 aromatic rings. The number of aromatic nitrogens is 1. The van der Waals surface area contributed by atoms with E-state index >= 15 is 0 Å². The summed E-state index contributed by atoms with van der Waals surface area (Å²) in [5.41, 5.74) is -0.305. The number of nitrogens with zero attached hydrogens (tertiary/aromatic N) is 1. The highest BCUT2D eigenvalue weighted by Gasteiger charge is 2.26. The van der Waals surface area contributed by atoms with Crippen molar-refractivity contribution in [3.05, 3.63) is 22.9 Å². The van der Waals surface area contributed by atoms with E-state index in [2.05, 4.69) is 32.2 Å². The number of halogens is 1. The van der Waals surface area contributed by atoms with Gasteiger partial charge in [0.05, 0.1) is 6.20 Å². The Bertz CT molecular complexity index is 538. The highest BCUT2D eigenvalue weighted by Crippen LogP contribution is 2.19. The van der Waals surface area contributed by atoms with Gasteiger partial charge in [-0.15, -0.1) is 12.3 Å². The molecule has 1 aromatic heterocycles. The van der Waals surface area contributed by atoms with Gasteiger partial charge in [-0.05, 0) is 55.1 Å². The number of carbonyl (C=O) groups is 1. The van der Waals surface area contributed by atoms with Crippen LogP contribution in [-0.2, 0) is 4.79 Å². The average Bonchev–Trinajstić information content (AvgIpc) is 2.44. The van der Waals surface area contributed by atoms with Gasteiger partial charge in [0.25, 0.3) is 5.91 Å². The van der Waals surface area contributed by atoms with Crippen molar-refractivity contribution in [2.45, 2.75) is 58.1 Å². The molecule has 0 aliphatic carbocycles. The third-order valence-electron chi connectivity index (χ3n) is 3.21. The largest absolute Gasteiger partial charge is 0.479 e. The molecule has 120 valence electrons. The highest BCUT2D eigenvalue weighted by atomic mass is 79.9. The van der Waals surface area contributed by atoms with Crippen molar-refractivity contribution >= 4 is 21.8 Å². The molecule has 1 N–H and O–H groups in total. The average molecular weight is 367 g/mol. The zero-order valence-electron chi connectivity index (χ0n) is 13.4. The van der Waals surface area contributed by atoms with E-state index in [4.69, 9.17) is 11.2 Å². The molecule has 1 heterocycles. The molecular weight excluding hydrogens is 344 g/mol. The summed E-state index contributed by atoms with van der Waals surface area (Å²) in [7, 11) is 0. The minimum absolute atomic E-state index is 0.117. The maximum Gasteiger partial charge on any atom is 0.261 e. The minimum atomic E-state index is -0.539. The fourth-order valence-corrected chi connectivity index (χ4v) is 2.40. The molecule has 0 saturated carbocycles. The van der Waals surface area contributed by atoms with Gasteiger partial charge >= 0.3 is 0 Å². The molecule has 0 saturated heterocycles. The van der Waals surface area contributed by atoms with E-state index < -0.39 is 6.10 Å². The molecular formula is C17H23BrN2O2. The second kappa shape index (κ2) is 8.79. The number of carbonyl (C=O) groups excluding carboxylic acids is 1. The zero-order valence-corrected chi connectivity index (χ0v) is 14.9. The van der Waals surface area contributed by atoms with Crippen LogP contribution in [0.25, 0.3) is 0 Å². The molecule has 0 aromatic carbocycles. The zero-order chi connectivity index (χ0) is 16.6. The summed E-state index contributed by atoms with van der Waals surface area (Å²) in [4.78, 5) is 16.4. The lowest BCUT2D eigenvalue weighted by molar-refractivity contribution is -0.129. The fourth-order valence-electron chi connectivity index (χ4n) is 2.05. The number of hydrogen-bond acceptors (Lipinski definition) is 3. The first-order valence-electron chi connectivity index (χ1n) is 7.40. The topological polar surface area (TPSA) is 51.2 Å². The molecule has 0 bridgehead atoms. The molecule has 0 radical (unpaired) electrons. The van der Waals surface area contributed by atoms with E-state index in [1.54, 1.807) is 18.5 Å². The summed E-state index contributed by atoms with van der Waals surface area (Å²) in [5.74, 6) is 3.07. The Morgan fingerprint density at radius 2 is 2.27 bits per heavy atom. The van der Waals surface area contributed by atoms with E-state index in [9.17, 15) is 4.79 Å². The Balaban J connectivity index is 2.62. The molecule has 1 unspecified atom stereocenters. The Morgan fingerprint density at radius 3 is 2.86 bits per heavy atom. The van der Waals surface area contributed by atoms with Crippen LogP contribution in [0.3, 0.4) is 0 Å². The van der Waals surface area contributed by atoms with Crippen LogP contribution in [0.4, 0.5) is 0 Å². The van der Waals surface area contributed by atoms with Gasteiger partial charge in [-0.25, -0.2) is 0 Å². The molecule has 1 atom stereocenters.